The van der Waals surface area contributed by atoms with Gasteiger partial charge in [0.05, 0.1) is 12.8 Å². The predicted molar refractivity (Wildman–Crippen MR) is 147 cm³/mol. The molecule has 7 nitrogen and oxygen atoms in total. The number of carbonyl (C=O) groups excluding carboxylic acids is 1. The summed E-state index contributed by atoms with van der Waals surface area (Å²) < 4.78 is 34.4. The van der Waals surface area contributed by atoms with Gasteiger partial charge in [-0.2, -0.15) is 0 Å². The Morgan fingerprint density at radius 2 is 1.68 bits per heavy atom. The Bertz CT molecular complexity index is 1360. The number of hydrogen-bond donors (Lipinski definition) is 0. The Labute approximate surface area is 224 Å². The number of amides is 1. The van der Waals surface area contributed by atoms with Crippen LogP contribution < -0.4 is 9.04 Å². The van der Waals surface area contributed by atoms with E-state index in [0.717, 1.165) is 35.1 Å². The maximum absolute atomic E-state index is 14.0. The lowest BCUT2D eigenvalue weighted by Crippen LogP contribution is -2.51. The maximum Gasteiger partial charge on any atom is 0.268 e. The molecule has 0 bridgehead atoms. The normalized spacial score (nSPS) is 14.4. The molecule has 3 aromatic carbocycles. The van der Waals surface area contributed by atoms with Crippen LogP contribution in [-0.4, -0.2) is 64.0 Å². The minimum atomic E-state index is -4.14. The van der Waals surface area contributed by atoms with Crippen LogP contribution in [0, 0.1) is 13.8 Å². The number of piperazine rings is 1. The zero-order valence-corrected chi connectivity index (χ0v) is 22.9. The van der Waals surface area contributed by atoms with Crippen LogP contribution in [0.4, 0.5) is 5.69 Å². The molecular formula is C28H32ClN3O4S. The smallest absolute Gasteiger partial charge is 0.268 e. The summed E-state index contributed by atoms with van der Waals surface area (Å²) in [6.45, 7) is 6.63. The van der Waals surface area contributed by atoms with E-state index in [1.807, 2.05) is 32.0 Å². The molecular weight excluding hydrogens is 510 g/mol. The first kappa shape index (κ1) is 27.0. The molecule has 0 aliphatic carbocycles. The van der Waals surface area contributed by atoms with Gasteiger partial charge in [-0.1, -0.05) is 54.1 Å². The first-order chi connectivity index (χ1) is 17.7. The van der Waals surface area contributed by atoms with Gasteiger partial charge in [0.15, 0.2) is 0 Å². The predicted octanol–water partition coefficient (Wildman–Crippen LogP) is 4.51. The number of halogens is 1. The molecule has 0 N–H and O–H groups in total. The van der Waals surface area contributed by atoms with E-state index < -0.39 is 10.0 Å². The van der Waals surface area contributed by atoms with Gasteiger partial charge in [-0.25, -0.2) is 8.42 Å². The van der Waals surface area contributed by atoms with Crippen LogP contribution >= 0.6 is 11.6 Å². The quantitative estimate of drug-likeness (QED) is 0.420. The monoisotopic (exact) mass is 541 g/mol. The summed E-state index contributed by atoms with van der Waals surface area (Å²) in [5.74, 6) is -0.0398. The van der Waals surface area contributed by atoms with Gasteiger partial charge in [-0.3, -0.25) is 14.0 Å². The van der Waals surface area contributed by atoms with Crippen molar-refractivity contribution < 1.29 is 17.9 Å². The van der Waals surface area contributed by atoms with Gasteiger partial charge in [0.25, 0.3) is 10.0 Å². The van der Waals surface area contributed by atoms with Gasteiger partial charge >= 0.3 is 0 Å². The molecule has 4 rings (SSSR count). The van der Waals surface area contributed by atoms with Gasteiger partial charge in [0.1, 0.15) is 17.2 Å². The molecule has 0 aromatic heterocycles. The highest BCUT2D eigenvalue weighted by Gasteiger charge is 2.32. The second kappa shape index (κ2) is 11.5. The number of nitrogens with zero attached hydrogens (tertiary/aromatic N) is 3. The molecule has 196 valence electrons. The second-order valence-corrected chi connectivity index (χ2v) is 11.5. The van der Waals surface area contributed by atoms with Crippen LogP contribution in [0.3, 0.4) is 0 Å². The van der Waals surface area contributed by atoms with Crippen molar-refractivity contribution in [1.82, 2.24) is 9.80 Å². The molecule has 1 amide bonds. The number of ether oxygens (including phenoxy) is 1. The summed E-state index contributed by atoms with van der Waals surface area (Å²) in [6.07, 6.45) is 0. The van der Waals surface area contributed by atoms with Crippen molar-refractivity contribution in [2.75, 3.05) is 44.1 Å². The van der Waals surface area contributed by atoms with E-state index >= 15 is 0 Å². The molecule has 0 spiro atoms. The number of carbonyl (C=O) groups is 1. The fourth-order valence-corrected chi connectivity index (χ4v) is 6.20. The van der Waals surface area contributed by atoms with Crippen molar-refractivity contribution in [1.29, 1.82) is 0 Å². The molecule has 1 aliphatic heterocycles. The Hall–Kier alpha value is -3.07. The molecule has 0 saturated carbocycles. The lowest BCUT2D eigenvalue weighted by molar-refractivity contribution is -0.131. The molecule has 3 aromatic rings. The summed E-state index contributed by atoms with van der Waals surface area (Å²) in [4.78, 5) is 17.5. The summed E-state index contributed by atoms with van der Waals surface area (Å²) in [6, 6.07) is 20.2. The Kier molecular flexibility index (Phi) is 8.42. The molecule has 0 unspecified atom stereocenters. The fourth-order valence-electron chi connectivity index (χ4n) is 4.38. The van der Waals surface area contributed by atoms with Crippen LogP contribution in [0.2, 0.25) is 5.02 Å². The van der Waals surface area contributed by atoms with Gasteiger partial charge < -0.3 is 9.64 Å². The number of hydrogen-bond acceptors (Lipinski definition) is 5. The van der Waals surface area contributed by atoms with Crippen LogP contribution in [-0.2, 0) is 21.4 Å². The van der Waals surface area contributed by atoms with Gasteiger partial charge in [0.2, 0.25) is 5.91 Å². The topological polar surface area (TPSA) is 70.2 Å². The second-order valence-electron chi connectivity index (χ2n) is 9.24. The van der Waals surface area contributed by atoms with E-state index in [1.54, 1.807) is 41.3 Å². The van der Waals surface area contributed by atoms with Gasteiger partial charge in [0, 0.05) is 37.7 Å². The number of methoxy groups -OCH3 is 1. The number of rotatable bonds is 8. The summed E-state index contributed by atoms with van der Waals surface area (Å²) in [5.41, 5.74) is 3.14. The largest absolute Gasteiger partial charge is 0.495 e. The van der Waals surface area contributed by atoms with Crippen LogP contribution in [0.15, 0.2) is 71.6 Å². The van der Waals surface area contributed by atoms with Crippen molar-refractivity contribution in [3.8, 4) is 5.75 Å². The number of benzene rings is 3. The van der Waals surface area contributed by atoms with E-state index in [9.17, 15) is 13.2 Å². The third kappa shape index (κ3) is 6.26. The van der Waals surface area contributed by atoms with Crippen molar-refractivity contribution in [2.24, 2.45) is 0 Å². The molecule has 1 aliphatic rings. The number of sulfonamides is 1. The van der Waals surface area contributed by atoms with Crippen molar-refractivity contribution in [3.05, 3.63) is 88.4 Å². The Morgan fingerprint density at radius 3 is 2.32 bits per heavy atom. The van der Waals surface area contributed by atoms with E-state index in [1.165, 1.54) is 12.7 Å². The van der Waals surface area contributed by atoms with Crippen molar-refractivity contribution >= 4 is 33.2 Å². The maximum atomic E-state index is 14.0. The average molecular weight is 542 g/mol. The highest BCUT2D eigenvalue weighted by Crippen LogP contribution is 2.32. The lowest BCUT2D eigenvalue weighted by atomic mass is 10.2. The molecule has 0 radical (unpaired) electrons. The zero-order chi connectivity index (χ0) is 26.6. The summed E-state index contributed by atoms with van der Waals surface area (Å²) in [5, 5.41) is 0.427. The van der Waals surface area contributed by atoms with E-state index in [4.69, 9.17) is 16.3 Å². The SMILES string of the molecule is COc1ccc(C)cc1S(=O)(=O)N(CC(=O)N1CCN(Cc2ccccc2)CC1)c1ccc(C)c(Cl)c1. The van der Waals surface area contributed by atoms with Crippen LogP contribution in [0.25, 0.3) is 0 Å². The fraction of sp³-hybridized carbons (Fsp3) is 0.321. The van der Waals surface area contributed by atoms with Gasteiger partial charge in [-0.05, 0) is 54.8 Å². The zero-order valence-electron chi connectivity index (χ0n) is 21.4. The van der Waals surface area contributed by atoms with Crippen LogP contribution in [0.1, 0.15) is 16.7 Å². The van der Waals surface area contributed by atoms with Crippen molar-refractivity contribution in [2.45, 2.75) is 25.3 Å². The minimum Gasteiger partial charge on any atom is -0.495 e. The molecule has 1 saturated heterocycles. The molecule has 1 heterocycles. The first-order valence-corrected chi connectivity index (χ1v) is 14.0. The summed E-state index contributed by atoms with van der Waals surface area (Å²) >= 11 is 6.36. The summed E-state index contributed by atoms with van der Waals surface area (Å²) in [7, 11) is -2.71. The number of aryl methyl sites for hydroxylation is 2. The Morgan fingerprint density at radius 1 is 0.973 bits per heavy atom. The minimum absolute atomic E-state index is 0.00665. The number of anilines is 1. The Balaban J connectivity index is 1.57. The average Bonchev–Trinajstić information content (AvgIpc) is 2.89. The van der Waals surface area contributed by atoms with E-state index in [0.29, 0.717) is 23.8 Å². The molecule has 1 fully saturated rings. The molecule has 0 atom stereocenters. The lowest BCUT2D eigenvalue weighted by Gasteiger charge is -2.36. The van der Waals surface area contributed by atoms with Crippen molar-refractivity contribution in [3.63, 3.8) is 0 Å². The van der Waals surface area contributed by atoms with E-state index in [2.05, 4.69) is 17.0 Å². The van der Waals surface area contributed by atoms with Gasteiger partial charge in [-0.15, -0.1) is 0 Å². The third-order valence-corrected chi connectivity index (χ3v) is 8.79. The first-order valence-electron chi connectivity index (χ1n) is 12.2. The van der Waals surface area contributed by atoms with E-state index in [-0.39, 0.29) is 23.1 Å². The molecule has 9 heteroatoms. The highest BCUT2D eigenvalue weighted by molar-refractivity contribution is 7.93. The van der Waals surface area contributed by atoms with Crippen LogP contribution in [0.5, 0.6) is 5.75 Å². The third-order valence-electron chi connectivity index (χ3n) is 6.58. The molecule has 37 heavy (non-hydrogen) atoms. The highest BCUT2D eigenvalue weighted by atomic mass is 35.5. The standard InChI is InChI=1S/C28H32ClN3O4S/c1-21-9-12-26(36-3)27(17-21)37(34,35)32(24-11-10-22(2)25(29)18-24)20-28(33)31-15-13-30(14-16-31)19-23-7-5-4-6-8-23/h4-12,17-18H,13-16,19-20H2,1-3H3.